The number of hydrogen-bond acceptors (Lipinski definition) is 3. The molecule has 104 valence electrons. The van der Waals surface area contributed by atoms with E-state index in [1.165, 1.54) is 6.33 Å². The molecule has 1 aromatic heterocycles. The molecule has 6 nitrogen and oxygen atoms in total. The summed E-state index contributed by atoms with van der Waals surface area (Å²) in [6.07, 6.45) is 1.49. The third-order valence-electron chi connectivity index (χ3n) is 3.07. The van der Waals surface area contributed by atoms with E-state index in [9.17, 15) is 4.79 Å². The van der Waals surface area contributed by atoms with Crippen molar-refractivity contribution in [2.75, 3.05) is 11.9 Å². The molecule has 0 spiro atoms. The van der Waals surface area contributed by atoms with E-state index >= 15 is 0 Å². The normalized spacial score (nSPS) is 14.0. The van der Waals surface area contributed by atoms with Crippen LogP contribution >= 0.6 is 23.2 Å². The molecule has 2 amide bonds. The molecule has 8 heteroatoms. The minimum atomic E-state index is -0.219. The van der Waals surface area contributed by atoms with Crippen molar-refractivity contribution in [2.24, 2.45) is 0 Å². The third-order valence-corrected chi connectivity index (χ3v) is 3.62. The third kappa shape index (κ3) is 2.57. The summed E-state index contributed by atoms with van der Waals surface area (Å²) in [5.74, 6) is 0.772. The highest BCUT2D eigenvalue weighted by molar-refractivity contribution is 6.36. The van der Waals surface area contributed by atoms with Crippen molar-refractivity contribution >= 4 is 34.9 Å². The van der Waals surface area contributed by atoms with Gasteiger partial charge in [0.25, 0.3) is 0 Å². The lowest BCUT2D eigenvalue weighted by molar-refractivity contribution is 0.193. The van der Waals surface area contributed by atoms with Crippen molar-refractivity contribution < 1.29 is 4.79 Å². The highest BCUT2D eigenvalue weighted by Crippen LogP contribution is 2.25. The molecule has 3 rings (SSSR count). The number of benzene rings is 1. The van der Waals surface area contributed by atoms with Gasteiger partial charge in [-0.15, -0.1) is 0 Å². The van der Waals surface area contributed by atoms with E-state index in [1.807, 2.05) is 0 Å². The SMILES string of the molecule is O=C(Nc1ccc(Cl)cc1Cl)N1CCn2ncnc2C1. The lowest BCUT2D eigenvalue weighted by atomic mass is 10.3. The Kier molecular flexibility index (Phi) is 3.50. The Hall–Kier alpha value is -1.79. The number of nitrogens with one attached hydrogen (secondary N) is 1. The van der Waals surface area contributed by atoms with Crippen LogP contribution in [0, 0.1) is 0 Å². The van der Waals surface area contributed by atoms with Gasteiger partial charge in [0.2, 0.25) is 0 Å². The molecule has 0 aliphatic carbocycles. The Balaban J connectivity index is 1.71. The van der Waals surface area contributed by atoms with Gasteiger partial charge >= 0.3 is 6.03 Å². The summed E-state index contributed by atoms with van der Waals surface area (Å²) in [7, 11) is 0. The van der Waals surface area contributed by atoms with Gasteiger partial charge in [-0.1, -0.05) is 23.2 Å². The first-order chi connectivity index (χ1) is 9.63. The van der Waals surface area contributed by atoms with Gasteiger partial charge in [-0.2, -0.15) is 5.10 Å². The second-order valence-corrected chi connectivity index (χ2v) is 5.22. The van der Waals surface area contributed by atoms with Crippen molar-refractivity contribution in [1.82, 2.24) is 19.7 Å². The minimum Gasteiger partial charge on any atom is -0.315 e. The summed E-state index contributed by atoms with van der Waals surface area (Å²) < 4.78 is 1.79. The Bertz CT molecular complexity index is 657. The second-order valence-electron chi connectivity index (χ2n) is 4.38. The van der Waals surface area contributed by atoms with Crippen LogP contribution in [0.15, 0.2) is 24.5 Å². The summed E-state index contributed by atoms with van der Waals surface area (Å²) in [5, 5.41) is 7.77. The average Bonchev–Trinajstić information content (AvgIpc) is 2.89. The zero-order chi connectivity index (χ0) is 14.1. The Labute approximate surface area is 125 Å². The number of fused-ring (bicyclic) bond motifs is 1. The first kappa shape index (κ1) is 13.2. The highest BCUT2D eigenvalue weighted by Gasteiger charge is 2.22. The van der Waals surface area contributed by atoms with Crippen LogP contribution in [0.1, 0.15) is 5.82 Å². The molecule has 20 heavy (non-hydrogen) atoms. The lowest BCUT2D eigenvalue weighted by Crippen LogP contribution is -2.41. The number of rotatable bonds is 1. The monoisotopic (exact) mass is 311 g/mol. The molecule has 0 fully saturated rings. The summed E-state index contributed by atoms with van der Waals surface area (Å²) in [4.78, 5) is 18.0. The number of urea groups is 1. The van der Waals surface area contributed by atoms with Crippen molar-refractivity contribution in [3.8, 4) is 0 Å². The van der Waals surface area contributed by atoms with Crippen LogP contribution in [0.25, 0.3) is 0 Å². The van der Waals surface area contributed by atoms with Crippen molar-refractivity contribution in [3.63, 3.8) is 0 Å². The van der Waals surface area contributed by atoms with Gasteiger partial charge in [0.05, 0.1) is 23.8 Å². The topological polar surface area (TPSA) is 63.1 Å². The number of amides is 2. The fourth-order valence-corrected chi connectivity index (χ4v) is 2.48. The minimum absolute atomic E-state index is 0.219. The van der Waals surface area contributed by atoms with E-state index in [-0.39, 0.29) is 6.03 Å². The zero-order valence-electron chi connectivity index (χ0n) is 10.4. The van der Waals surface area contributed by atoms with Gasteiger partial charge < -0.3 is 10.2 Å². The molecule has 0 saturated carbocycles. The van der Waals surface area contributed by atoms with Crippen LogP contribution in [0.4, 0.5) is 10.5 Å². The standard InChI is InChI=1S/C12H11Cl2N5O/c13-8-1-2-10(9(14)5-8)17-12(20)18-3-4-19-11(6-18)15-7-16-19/h1-2,5,7H,3-4,6H2,(H,17,20). The quantitative estimate of drug-likeness (QED) is 0.880. The van der Waals surface area contributed by atoms with Crippen molar-refractivity contribution in [2.45, 2.75) is 13.1 Å². The fourth-order valence-electron chi connectivity index (χ4n) is 2.02. The average molecular weight is 312 g/mol. The van der Waals surface area contributed by atoms with Gasteiger partial charge in [-0.05, 0) is 18.2 Å². The van der Waals surface area contributed by atoms with E-state index in [2.05, 4.69) is 15.4 Å². The largest absolute Gasteiger partial charge is 0.322 e. The predicted octanol–water partition coefficient (Wildman–Crippen LogP) is 2.63. The van der Waals surface area contributed by atoms with Crippen LogP contribution in [-0.2, 0) is 13.1 Å². The molecule has 1 aliphatic rings. The Morgan fingerprint density at radius 3 is 2.95 bits per heavy atom. The molecule has 0 radical (unpaired) electrons. The van der Waals surface area contributed by atoms with Crippen molar-refractivity contribution in [3.05, 3.63) is 40.4 Å². The summed E-state index contributed by atoms with van der Waals surface area (Å²) in [6, 6.07) is 4.72. The maximum Gasteiger partial charge on any atom is 0.322 e. The van der Waals surface area contributed by atoms with E-state index in [4.69, 9.17) is 23.2 Å². The maximum absolute atomic E-state index is 12.2. The maximum atomic E-state index is 12.2. The highest BCUT2D eigenvalue weighted by atomic mass is 35.5. The molecule has 2 heterocycles. The van der Waals surface area contributed by atoms with Crippen LogP contribution in [0.2, 0.25) is 10.0 Å². The number of halogens is 2. The summed E-state index contributed by atoms with van der Waals surface area (Å²) in [5.41, 5.74) is 0.535. The Morgan fingerprint density at radius 1 is 1.30 bits per heavy atom. The number of carbonyl (C=O) groups excluding carboxylic acids is 1. The number of anilines is 1. The molecule has 1 aliphatic heterocycles. The molecule has 0 saturated heterocycles. The number of carbonyl (C=O) groups is 1. The van der Waals surface area contributed by atoms with Gasteiger partial charge in [-0.3, -0.25) is 0 Å². The Morgan fingerprint density at radius 2 is 2.15 bits per heavy atom. The summed E-state index contributed by atoms with van der Waals surface area (Å²) in [6.45, 7) is 1.64. The molecule has 0 unspecified atom stereocenters. The van der Waals surface area contributed by atoms with Gasteiger partial charge in [0, 0.05) is 11.6 Å². The fraction of sp³-hybridized carbons (Fsp3) is 0.250. The van der Waals surface area contributed by atoms with E-state index in [1.54, 1.807) is 27.8 Å². The predicted molar refractivity (Wildman–Crippen MR) is 75.9 cm³/mol. The number of hydrogen-bond donors (Lipinski definition) is 1. The molecule has 2 aromatic rings. The van der Waals surface area contributed by atoms with Crippen molar-refractivity contribution in [1.29, 1.82) is 0 Å². The van der Waals surface area contributed by atoms with Crippen LogP contribution in [0.3, 0.4) is 0 Å². The van der Waals surface area contributed by atoms with Gasteiger partial charge in [0.1, 0.15) is 12.2 Å². The molecule has 1 N–H and O–H groups in total. The van der Waals surface area contributed by atoms with Gasteiger partial charge in [0.15, 0.2) is 0 Å². The smallest absolute Gasteiger partial charge is 0.315 e. The number of aromatic nitrogens is 3. The zero-order valence-corrected chi connectivity index (χ0v) is 11.9. The van der Waals surface area contributed by atoms with E-state index in [0.717, 1.165) is 5.82 Å². The van der Waals surface area contributed by atoms with Gasteiger partial charge in [-0.25, -0.2) is 14.5 Å². The van der Waals surface area contributed by atoms with E-state index in [0.29, 0.717) is 35.4 Å². The second kappa shape index (κ2) is 5.30. The van der Waals surface area contributed by atoms with E-state index < -0.39 is 0 Å². The molecule has 0 atom stereocenters. The summed E-state index contributed by atoms with van der Waals surface area (Å²) >= 11 is 11.9. The molecule has 0 bridgehead atoms. The number of nitrogens with zero attached hydrogens (tertiary/aromatic N) is 4. The van der Waals surface area contributed by atoms with Crippen LogP contribution < -0.4 is 5.32 Å². The van der Waals surface area contributed by atoms with Crippen LogP contribution in [0.5, 0.6) is 0 Å². The lowest BCUT2D eigenvalue weighted by Gasteiger charge is -2.27. The first-order valence-electron chi connectivity index (χ1n) is 6.01. The van der Waals surface area contributed by atoms with Crippen LogP contribution in [-0.4, -0.2) is 32.2 Å². The first-order valence-corrected chi connectivity index (χ1v) is 6.77. The molecule has 1 aromatic carbocycles. The molecular formula is C12H11Cl2N5O. The molecular weight excluding hydrogens is 301 g/mol.